The highest BCUT2D eigenvalue weighted by molar-refractivity contribution is 5.84. The van der Waals surface area contributed by atoms with Crippen molar-refractivity contribution in [2.24, 2.45) is 0 Å². The van der Waals surface area contributed by atoms with E-state index in [-0.39, 0.29) is 25.5 Å². The first-order valence-electron chi connectivity index (χ1n) is 14.1. The number of hydrogen-bond donors (Lipinski definition) is 3. The van der Waals surface area contributed by atoms with Crippen LogP contribution in [0.3, 0.4) is 0 Å². The van der Waals surface area contributed by atoms with Gasteiger partial charge in [-0.3, -0.25) is 19.7 Å². The Kier molecular flexibility index (Phi) is 11.4. The van der Waals surface area contributed by atoms with Gasteiger partial charge in [-0.2, -0.15) is 0 Å². The number of benzene rings is 4. The van der Waals surface area contributed by atoms with E-state index in [1.165, 1.54) is 0 Å². The first kappa shape index (κ1) is 30.2. The minimum Gasteiger partial charge on any atom is -0.481 e. The molecule has 7 heteroatoms. The lowest BCUT2D eigenvalue weighted by Crippen LogP contribution is -2.53. The molecule has 42 heavy (non-hydrogen) atoms. The first-order chi connectivity index (χ1) is 20.5. The van der Waals surface area contributed by atoms with Crippen LogP contribution >= 0.6 is 0 Å². The second kappa shape index (κ2) is 15.9. The number of nitrogens with one attached hydrogen (secondary N) is 2. The molecular formula is C35H36N2O5. The first-order valence-corrected chi connectivity index (χ1v) is 14.1. The summed E-state index contributed by atoms with van der Waals surface area (Å²) in [6.07, 6.45) is 1.02. The van der Waals surface area contributed by atoms with Crippen LogP contribution < -0.4 is 10.6 Å². The van der Waals surface area contributed by atoms with Gasteiger partial charge in [-0.15, -0.1) is 0 Å². The number of hydrogen-bond acceptors (Lipinski definition) is 5. The van der Waals surface area contributed by atoms with Crippen LogP contribution in [0.5, 0.6) is 0 Å². The third-order valence-corrected chi connectivity index (χ3v) is 6.90. The third kappa shape index (κ3) is 9.71. The van der Waals surface area contributed by atoms with E-state index in [9.17, 15) is 14.4 Å². The number of carboxylic acid groups (broad SMARTS) is 1. The average Bonchev–Trinajstić information content (AvgIpc) is 3.02. The van der Waals surface area contributed by atoms with Crippen LogP contribution in [-0.4, -0.2) is 48.2 Å². The largest absolute Gasteiger partial charge is 0.481 e. The van der Waals surface area contributed by atoms with E-state index in [4.69, 9.17) is 9.84 Å². The Labute approximate surface area is 246 Å². The molecule has 0 aliphatic carbocycles. The molecule has 7 nitrogen and oxygen atoms in total. The van der Waals surface area contributed by atoms with Gasteiger partial charge in [-0.25, -0.2) is 0 Å². The summed E-state index contributed by atoms with van der Waals surface area (Å²) in [6.45, 7) is 0.205. The molecule has 1 unspecified atom stereocenters. The zero-order chi connectivity index (χ0) is 29.6. The Morgan fingerprint density at radius 3 is 1.79 bits per heavy atom. The second-order valence-electron chi connectivity index (χ2n) is 10.1. The summed E-state index contributed by atoms with van der Waals surface area (Å²) < 4.78 is 5.68. The zero-order valence-corrected chi connectivity index (χ0v) is 23.4. The number of carbonyl (C=O) groups is 3. The summed E-state index contributed by atoms with van der Waals surface area (Å²) in [5, 5.41) is 15.0. The van der Waals surface area contributed by atoms with Crippen molar-refractivity contribution in [2.45, 2.75) is 37.8 Å². The summed E-state index contributed by atoms with van der Waals surface area (Å²) in [4.78, 5) is 37.7. The number of carbonyl (C=O) groups excluding carboxylic acids is 2. The number of ether oxygens (including phenoxy) is 1. The van der Waals surface area contributed by atoms with Crippen molar-refractivity contribution in [1.29, 1.82) is 0 Å². The van der Waals surface area contributed by atoms with Gasteiger partial charge in [0.25, 0.3) is 0 Å². The fraction of sp³-hybridized carbons (Fsp3) is 0.229. The summed E-state index contributed by atoms with van der Waals surface area (Å²) in [5.41, 5.74) is 5.03. The number of aliphatic carboxylic acids is 1. The second-order valence-corrected chi connectivity index (χ2v) is 10.1. The maximum Gasteiger partial charge on any atom is 0.323 e. The molecule has 0 saturated carbocycles. The topological polar surface area (TPSA) is 105 Å². The van der Waals surface area contributed by atoms with Crippen molar-refractivity contribution >= 4 is 17.8 Å². The molecule has 0 fully saturated rings. The van der Waals surface area contributed by atoms with Crippen LogP contribution in [0.25, 0.3) is 11.1 Å². The predicted molar refractivity (Wildman–Crippen MR) is 163 cm³/mol. The molecule has 0 radical (unpaired) electrons. The van der Waals surface area contributed by atoms with Crippen molar-refractivity contribution < 1.29 is 24.2 Å². The van der Waals surface area contributed by atoms with E-state index in [2.05, 4.69) is 10.6 Å². The lowest BCUT2D eigenvalue weighted by molar-refractivity contribution is -0.146. The van der Waals surface area contributed by atoms with Crippen LogP contribution in [0.1, 0.15) is 23.1 Å². The fourth-order valence-electron chi connectivity index (χ4n) is 4.66. The summed E-state index contributed by atoms with van der Waals surface area (Å²) in [6, 6.07) is 35.7. The molecule has 0 saturated heterocycles. The van der Waals surface area contributed by atoms with Gasteiger partial charge in [0.05, 0.1) is 19.1 Å². The lowest BCUT2D eigenvalue weighted by Gasteiger charge is -2.25. The predicted octanol–water partition coefficient (Wildman–Crippen LogP) is 4.84. The number of amides is 1. The fourth-order valence-corrected chi connectivity index (χ4v) is 4.66. The standard InChI is InChI=1S/C35H36N2O5/c38-33(39)20-22-36-34(40)31(24-28-16-18-30(19-17-28)29-14-8-3-9-15-29)37-32(25-27-12-6-2-7-13-27)35(41)42-23-21-26-10-4-1-5-11-26/h1-19,31-32,37H,20-25H2,(H,36,40)(H,38,39)/t31-,32?/m0/s1. The van der Waals surface area contributed by atoms with E-state index >= 15 is 0 Å². The molecule has 4 aromatic carbocycles. The third-order valence-electron chi connectivity index (χ3n) is 6.90. The highest BCUT2D eigenvalue weighted by Gasteiger charge is 2.28. The maximum absolute atomic E-state index is 13.4. The van der Waals surface area contributed by atoms with Gasteiger partial charge in [0.1, 0.15) is 6.04 Å². The van der Waals surface area contributed by atoms with Gasteiger partial charge in [0.2, 0.25) is 5.91 Å². The van der Waals surface area contributed by atoms with Gasteiger partial charge >= 0.3 is 11.9 Å². The van der Waals surface area contributed by atoms with Crippen LogP contribution in [0.15, 0.2) is 115 Å². The normalized spacial score (nSPS) is 12.2. The average molecular weight is 565 g/mol. The smallest absolute Gasteiger partial charge is 0.323 e. The Balaban J connectivity index is 1.50. The minimum absolute atomic E-state index is 0.00976. The highest BCUT2D eigenvalue weighted by atomic mass is 16.5. The minimum atomic E-state index is -1.000. The molecule has 2 atom stereocenters. The quantitative estimate of drug-likeness (QED) is 0.179. The molecule has 0 spiro atoms. The van der Waals surface area contributed by atoms with E-state index in [0.29, 0.717) is 19.3 Å². The molecule has 1 amide bonds. The summed E-state index contributed by atoms with van der Waals surface area (Å²) in [7, 11) is 0. The van der Waals surface area contributed by atoms with Crippen LogP contribution in [0, 0.1) is 0 Å². The lowest BCUT2D eigenvalue weighted by atomic mass is 9.98. The van der Waals surface area contributed by atoms with Crippen molar-refractivity contribution in [1.82, 2.24) is 10.6 Å². The molecule has 0 aliphatic rings. The number of esters is 1. The maximum atomic E-state index is 13.4. The van der Waals surface area contributed by atoms with Crippen LogP contribution in [-0.2, 0) is 38.4 Å². The zero-order valence-electron chi connectivity index (χ0n) is 23.4. The van der Waals surface area contributed by atoms with Crippen molar-refractivity contribution in [3.8, 4) is 11.1 Å². The van der Waals surface area contributed by atoms with E-state index in [1.54, 1.807) is 0 Å². The number of rotatable bonds is 15. The van der Waals surface area contributed by atoms with Gasteiger partial charge in [0, 0.05) is 13.0 Å². The molecule has 4 rings (SSSR count). The highest BCUT2D eigenvalue weighted by Crippen LogP contribution is 2.20. The van der Waals surface area contributed by atoms with Crippen molar-refractivity contribution in [2.75, 3.05) is 13.2 Å². The Morgan fingerprint density at radius 1 is 0.643 bits per heavy atom. The SMILES string of the molecule is O=C(O)CCNC(=O)[C@H](Cc1ccc(-c2ccccc2)cc1)NC(Cc1ccccc1)C(=O)OCCc1ccccc1. The molecule has 0 aromatic heterocycles. The van der Waals surface area contributed by atoms with Gasteiger partial charge < -0.3 is 15.2 Å². The van der Waals surface area contributed by atoms with Gasteiger partial charge in [-0.05, 0) is 40.7 Å². The molecule has 0 bridgehead atoms. The van der Waals surface area contributed by atoms with E-state index in [0.717, 1.165) is 27.8 Å². The molecule has 4 aromatic rings. The molecule has 0 heterocycles. The van der Waals surface area contributed by atoms with Crippen LogP contribution in [0.2, 0.25) is 0 Å². The monoisotopic (exact) mass is 564 g/mol. The Morgan fingerprint density at radius 2 is 1.17 bits per heavy atom. The summed E-state index contributed by atoms with van der Waals surface area (Å²) in [5.74, 6) is -1.82. The molecule has 3 N–H and O–H groups in total. The molecule has 216 valence electrons. The van der Waals surface area contributed by atoms with E-state index in [1.807, 2.05) is 115 Å². The van der Waals surface area contributed by atoms with Crippen LogP contribution in [0.4, 0.5) is 0 Å². The molecular weight excluding hydrogens is 528 g/mol. The molecule has 0 aliphatic heterocycles. The van der Waals surface area contributed by atoms with Gasteiger partial charge in [-0.1, -0.05) is 115 Å². The van der Waals surface area contributed by atoms with Gasteiger partial charge in [0.15, 0.2) is 0 Å². The van der Waals surface area contributed by atoms with Crippen molar-refractivity contribution in [3.63, 3.8) is 0 Å². The summed E-state index contributed by atoms with van der Waals surface area (Å²) >= 11 is 0. The van der Waals surface area contributed by atoms with E-state index < -0.39 is 24.0 Å². The number of carboxylic acids is 1. The Hall–Kier alpha value is -4.75. The van der Waals surface area contributed by atoms with Crippen molar-refractivity contribution in [3.05, 3.63) is 132 Å². The Bertz CT molecular complexity index is 1410.